The van der Waals surface area contributed by atoms with Gasteiger partial charge in [-0.05, 0) is 23.8 Å². The van der Waals surface area contributed by atoms with Crippen LogP contribution in [0.2, 0.25) is 10.0 Å². The van der Waals surface area contributed by atoms with E-state index in [1.165, 1.54) is 0 Å². The predicted octanol–water partition coefficient (Wildman–Crippen LogP) is 5.74. The molecule has 0 unspecified atom stereocenters. The minimum atomic E-state index is 0.562. The van der Waals surface area contributed by atoms with Crippen LogP contribution in [0.3, 0.4) is 0 Å². The summed E-state index contributed by atoms with van der Waals surface area (Å²) in [7, 11) is 0. The molecule has 0 bridgehead atoms. The van der Waals surface area contributed by atoms with Crippen molar-refractivity contribution in [2.24, 2.45) is 0 Å². The molecule has 0 aliphatic carbocycles. The molecule has 3 aromatic rings. The Morgan fingerprint density at radius 2 is 1.86 bits per heavy atom. The summed E-state index contributed by atoms with van der Waals surface area (Å²) >= 11 is 15.5. The van der Waals surface area contributed by atoms with Crippen molar-refractivity contribution in [1.29, 1.82) is 0 Å². The minimum absolute atomic E-state index is 0.562. The maximum atomic E-state index is 6.03. The number of H-pyrrole nitrogens is 1. The number of nitrogens with one attached hydrogen (secondary N) is 1. The molecule has 1 heterocycles. The van der Waals surface area contributed by atoms with Crippen LogP contribution in [0, 0.1) is 0 Å². The third kappa shape index (κ3) is 3.31. The van der Waals surface area contributed by atoms with E-state index in [1.54, 1.807) is 6.07 Å². The quantitative estimate of drug-likeness (QED) is 0.615. The first-order valence-corrected chi connectivity index (χ1v) is 7.91. The van der Waals surface area contributed by atoms with Crippen LogP contribution in [0.5, 0.6) is 0 Å². The molecule has 0 atom stereocenters. The molecule has 0 spiro atoms. The van der Waals surface area contributed by atoms with Crippen molar-refractivity contribution in [3.63, 3.8) is 0 Å². The van der Waals surface area contributed by atoms with Gasteiger partial charge in [0.1, 0.15) is 5.82 Å². The fourth-order valence-electron chi connectivity index (χ4n) is 2.11. The fraction of sp³-hybridized carbons (Fsp3) is 0.0625. The Morgan fingerprint density at radius 1 is 1.05 bits per heavy atom. The van der Waals surface area contributed by atoms with Crippen molar-refractivity contribution in [2.75, 3.05) is 0 Å². The number of rotatable bonds is 3. The van der Waals surface area contributed by atoms with E-state index in [-0.39, 0.29) is 0 Å². The molecule has 0 aliphatic rings. The lowest BCUT2D eigenvalue weighted by Crippen LogP contribution is -1.91. The topological polar surface area (TPSA) is 28.7 Å². The highest BCUT2D eigenvalue weighted by Crippen LogP contribution is 2.27. The summed E-state index contributed by atoms with van der Waals surface area (Å²) in [6.45, 7) is 0. The zero-order valence-corrected chi connectivity index (χ0v) is 14.0. The van der Waals surface area contributed by atoms with E-state index in [9.17, 15) is 0 Å². The molecule has 106 valence electrons. The molecule has 21 heavy (non-hydrogen) atoms. The van der Waals surface area contributed by atoms with Crippen LogP contribution in [0.25, 0.3) is 11.3 Å². The van der Waals surface area contributed by atoms with E-state index in [1.807, 2.05) is 42.6 Å². The third-order valence-corrected chi connectivity index (χ3v) is 4.58. The molecule has 0 aliphatic heterocycles. The van der Waals surface area contributed by atoms with Gasteiger partial charge in [-0.2, -0.15) is 0 Å². The van der Waals surface area contributed by atoms with E-state index in [0.29, 0.717) is 16.5 Å². The molecule has 0 saturated carbocycles. The van der Waals surface area contributed by atoms with Gasteiger partial charge >= 0.3 is 0 Å². The van der Waals surface area contributed by atoms with Gasteiger partial charge < -0.3 is 4.98 Å². The molecule has 2 aromatic carbocycles. The molecule has 0 amide bonds. The molecule has 2 nitrogen and oxygen atoms in total. The van der Waals surface area contributed by atoms with Crippen molar-refractivity contribution in [3.05, 3.63) is 74.6 Å². The van der Waals surface area contributed by atoms with Crippen molar-refractivity contribution in [3.8, 4) is 11.3 Å². The van der Waals surface area contributed by atoms with Crippen molar-refractivity contribution < 1.29 is 0 Å². The highest BCUT2D eigenvalue weighted by atomic mass is 79.9. The molecular weight excluding hydrogens is 371 g/mol. The van der Waals surface area contributed by atoms with Crippen molar-refractivity contribution in [2.45, 2.75) is 6.42 Å². The lowest BCUT2D eigenvalue weighted by atomic mass is 10.1. The van der Waals surface area contributed by atoms with Crippen LogP contribution in [0.15, 0.2) is 53.1 Å². The summed E-state index contributed by atoms with van der Waals surface area (Å²) in [5.74, 6) is 0.888. The highest BCUT2D eigenvalue weighted by Gasteiger charge is 2.08. The second kappa shape index (κ2) is 6.22. The van der Waals surface area contributed by atoms with Crippen molar-refractivity contribution in [1.82, 2.24) is 9.97 Å². The Bertz CT molecular complexity index is 783. The summed E-state index contributed by atoms with van der Waals surface area (Å²) in [5, 5.41) is 1.13. The molecule has 1 aromatic heterocycles. The highest BCUT2D eigenvalue weighted by molar-refractivity contribution is 9.10. The lowest BCUT2D eigenvalue weighted by Gasteiger charge is -2.02. The molecule has 0 radical (unpaired) electrons. The summed E-state index contributed by atoms with van der Waals surface area (Å²) in [6.07, 6.45) is 2.52. The second-order valence-corrected chi connectivity index (χ2v) is 6.32. The number of halogens is 3. The van der Waals surface area contributed by atoms with E-state index in [0.717, 1.165) is 27.1 Å². The van der Waals surface area contributed by atoms with Gasteiger partial charge in [0.15, 0.2) is 0 Å². The predicted molar refractivity (Wildman–Crippen MR) is 91.0 cm³/mol. The van der Waals surface area contributed by atoms with Crippen LogP contribution in [0.4, 0.5) is 0 Å². The summed E-state index contributed by atoms with van der Waals surface area (Å²) in [6, 6.07) is 13.7. The van der Waals surface area contributed by atoms with Gasteiger partial charge in [0, 0.05) is 16.5 Å². The molecule has 0 fully saturated rings. The third-order valence-electron chi connectivity index (χ3n) is 3.15. The molecule has 3 rings (SSSR count). The summed E-state index contributed by atoms with van der Waals surface area (Å²) < 4.78 is 1.04. The first kappa shape index (κ1) is 14.6. The van der Waals surface area contributed by atoms with Gasteiger partial charge in [0.05, 0.1) is 21.9 Å². The number of aromatic nitrogens is 2. The maximum Gasteiger partial charge on any atom is 0.110 e. The Labute approximate surface area is 141 Å². The number of hydrogen-bond acceptors (Lipinski definition) is 1. The van der Waals surface area contributed by atoms with Gasteiger partial charge in [0.25, 0.3) is 0 Å². The van der Waals surface area contributed by atoms with Crippen LogP contribution in [-0.2, 0) is 6.42 Å². The largest absolute Gasteiger partial charge is 0.342 e. The normalized spacial score (nSPS) is 10.8. The van der Waals surface area contributed by atoms with Gasteiger partial charge in [0.2, 0.25) is 0 Å². The SMILES string of the molecule is Clc1ccc(Cc2ncc(-c3ccccc3Br)[nH]2)cc1Cl. The van der Waals surface area contributed by atoms with E-state index >= 15 is 0 Å². The van der Waals surface area contributed by atoms with Crippen molar-refractivity contribution >= 4 is 39.1 Å². The summed E-state index contributed by atoms with van der Waals surface area (Å²) in [5.41, 5.74) is 3.14. The number of hydrogen-bond donors (Lipinski definition) is 1. The number of benzene rings is 2. The first-order valence-electron chi connectivity index (χ1n) is 6.36. The van der Waals surface area contributed by atoms with Crippen LogP contribution >= 0.6 is 39.1 Å². The monoisotopic (exact) mass is 380 g/mol. The Hall–Kier alpha value is -1.29. The lowest BCUT2D eigenvalue weighted by molar-refractivity contribution is 1.03. The average molecular weight is 382 g/mol. The molecule has 5 heteroatoms. The Morgan fingerprint density at radius 3 is 2.62 bits per heavy atom. The van der Waals surface area contributed by atoms with E-state index < -0.39 is 0 Å². The molecule has 1 N–H and O–H groups in total. The van der Waals surface area contributed by atoms with E-state index in [4.69, 9.17) is 23.2 Å². The number of nitrogens with zero attached hydrogens (tertiary/aromatic N) is 1. The standard InChI is InChI=1S/C16H11BrCl2N2/c17-12-4-2-1-3-11(12)15-9-20-16(21-15)8-10-5-6-13(18)14(19)7-10/h1-7,9H,8H2,(H,20,21). The second-order valence-electron chi connectivity index (χ2n) is 4.65. The molecular formula is C16H11BrCl2N2. The van der Waals surface area contributed by atoms with Gasteiger partial charge in [-0.25, -0.2) is 4.98 Å². The van der Waals surface area contributed by atoms with Gasteiger partial charge in [-0.1, -0.05) is 63.4 Å². The van der Waals surface area contributed by atoms with Crippen LogP contribution < -0.4 is 0 Å². The fourth-order valence-corrected chi connectivity index (χ4v) is 2.93. The molecule has 0 saturated heterocycles. The first-order chi connectivity index (χ1) is 10.1. The average Bonchev–Trinajstić information content (AvgIpc) is 2.92. The van der Waals surface area contributed by atoms with Crippen LogP contribution in [-0.4, -0.2) is 9.97 Å². The Kier molecular flexibility index (Phi) is 4.34. The zero-order valence-electron chi connectivity index (χ0n) is 10.9. The summed E-state index contributed by atoms with van der Waals surface area (Å²) in [4.78, 5) is 7.76. The Balaban J connectivity index is 1.85. The van der Waals surface area contributed by atoms with Crippen LogP contribution in [0.1, 0.15) is 11.4 Å². The van der Waals surface area contributed by atoms with Gasteiger partial charge in [-0.15, -0.1) is 0 Å². The van der Waals surface area contributed by atoms with E-state index in [2.05, 4.69) is 25.9 Å². The number of imidazole rings is 1. The maximum absolute atomic E-state index is 6.03. The van der Waals surface area contributed by atoms with Gasteiger partial charge in [-0.3, -0.25) is 0 Å². The minimum Gasteiger partial charge on any atom is -0.342 e. The number of aromatic amines is 1. The smallest absolute Gasteiger partial charge is 0.110 e. The zero-order chi connectivity index (χ0) is 14.8.